The molecule has 1 aliphatic heterocycles. The highest BCUT2D eigenvalue weighted by molar-refractivity contribution is 6.10. The molecule has 0 unspecified atom stereocenters. The molecule has 4 aromatic rings. The van der Waals surface area contributed by atoms with Crippen molar-refractivity contribution in [3.8, 4) is 11.3 Å². The Labute approximate surface area is 191 Å². The van der Waals surface area contributed by atoms with Crippen LogP contribution in [-0.4, -0.2) is 23.5 Å². The van der Waals surface area contributed by atoms with Crippen LogP contribution in [0, 0.1) is 6.92 Å². The van der Waals surface area contributed by atoms with Crippen molar-refractivity contribution < 1.29 is 14.1 Å². The first kappa shape index (κ1) is 20.7. The third kappa shape index (κ3) is 4.03. The number of benzene rings is 3. The van der Waals surface area contributed by atoms with Crippen LogP contribution in [0.5, 0.6) is 0 Å². The molecule has 6 heteroatoms. The van der Waals surface area contributed by atoms with E-state index < -0.39 is 0 Å². The van der Waals surface area contributed by atoms with Crippen molar-refractivity contribution in [3.05, 3.63) is 101 Å². The fraction of sp³-hybridized carbons (Fsp3) is 0.148. The molecule has 33 heavy (non-hydrogen) atoms. The lowest BCUT2D eigenvalue weighted by Crippen LogP contribution is -2.35. The summed E-state index contributed by atoms with van der Waals surface area (Å²) in [6, 6.07) is 24.4. The molecular weight excluding hydrogens is 414 g/mol. The molecule has 3 aromatic carbocycles. The SMILES string of the molecule is Cc1onc(-c2ccccc2)c1C(=O)Nc1ccc(C(=O)N2CCCc3ccccc32)cc1. The minimum absolute atomic E-state index is 0.0405. The number of hydrogen-bond donors (Lipinski definition) is 1. The van der Waals surface area contributed by atoms with Crippen LogP contribution in [0.2, 0.25) is 0 Å². The van der Waals surface area contributed by atoms with E-state index in [1.54, 1.807) is 31.2 Å². The van der Waals surface area contributed by atoms with Crippen LogP contribution in [0.25, 0.3) is 11.3 Å². The van der Waals surface area contributed by atoms with E-state index in [1.165, 1.54) is 5.56 Å². The summed E-state index contributed by atoms with van der Waals surface area (Å²) >= 11 is 0. The molecule has 164 valence electrons. The van der Waals surface area contributed by atoms with Crippen molar-refractivity contribution in [1.29, 1.82) is 0 Å². The molecule has 2 heterocycles. The van der Waals surface area contributed by atoms with Crippen molar-refractivity contribution in [2.24, 2.45) is 0 Å². The van der Waals surface area contributed by atoms with Gasteiger partial charge in [-0.05, 0) is 55.7 Å². The summed E-state index contributed by atoms with van der Waals surface area (Å²) in [5.41, 5.74) is 5.04. The predicted molar refractivity (Wildman–Crippen MR) is 128 cm³/mol. The maximum atomic E-state index is 13.1. The Morgan fingerprint density at radius 3 is 2.45 bits per heavy atom. The van der Waals surface area contributed by atoms with Gasteiger partial charge in [-0.3, -0.25) is 9.59 Å². The van der Waals surface area contributed by atoms with E-state index in [0.717, 1.165) is 24.1 Å². The molecule has 5 rings (SSSR count). The van der Waals surface area contributed by atoms with Gasteiger partial charge < -0.3 is 14.7 Å². The zero-order valence-electron chi connectivity index (χ0n) is 18.2. The largest absolute Gasteiger partial charge is 0.360 e. The number of amides is 2. The van der Waals surface area contributed by atoms with Gasteiger partial charge in [0.25, 0.3) is 11.8 Å². The molecule has 0 saturated heterocycles. The summed E-state index contributed by atoms with van der Waals surface area (Å²) in [4.78, 5) is 28.0. The van der Waals surface area contributed by atoms with Gasteiger partial charge >= 0.3 is 0 Å². The van der Waals surface area contributed by atoms with Gasteiger partial charge in [0.1, 0.15) is 17.0 Å². The molecule has 0 bridgehead atoms. The average Bonchev–Trinajstić information content (AvgIpc) is 3.26. The van der Waals surface area contributed by atoms with E-state index in [9.17, 15) is 9.59 Å². The summed E-state index contributed by atoms with van der Waals surface area (Å²) in [6.07, 6.45) is 1.93. The molecule has 1 N–H and O–H groups in total. The van der Waals surface area contributed by atoms with Gasteiger partial charge in [-0.1, -0.05) is 53.7 Å². The average molecular weight is 437 g/mol. The van der Waals surface area contributed by atoms with Crippen LogP contribution in [-0.2, 0) is 6.42 Å². The second-order valence-corrected chi connectivity index (χ2v) is 8.05. The highest BCUT2D eigenvalue weighted by atomic mass is 16.5. The molecule has 0 radical (unpaired) electrons. The fourth-order valence-electron chi connectivity index (χ4n) is 4.22. The Hall–Kier alpha value is -4.19. The Morgan fingerprint density at radius 1 is 0.939 bits per heavy atom. The monoisotopic (exact) mass is 437 g/mol. The topological polar surface area (TPSA) is 75.4 Å². The first-order chi connectivity index (χ1) is 16.1. The second-order valence-electron chi connectivity index (χ2n) is 8.05. The zero-order chi connectivity index (χ0) is 22.8. The van der Waals surface area contributed by atoms with Crippen LogP contribution >= 0.6 is 0 Å². The number of rotatable bonds is 4. The standard InChI is InChI=1S/C27H23N3O3/c1-18-24(25(29-33-18)20-9-3-2-4-10-20)26(31)28-22-15-13-21(14-16-22)27(32)30-17-7-11-19-8-5-6-12-23(19)30/h2-6,8-10,12-16H,7,11,17H2,1H3,(H,28,31). The number of aromatic nitrogens is 1. The molecule has 1 aliphatic rings. The second kappa shape index (κ2) is 8.74. The highest BCUT2D eigenvalue weighted by Gasteiger charge is 2.24. The maximum Gasteiger partial charge on any atom is 0.261 e. The highest BCUT2D eigenvalue weighted by Crippen LogP contribution is 2.29. The summed E-state index contributed by atoms with van der Waals surface area (Å²) in [5, 5.41) is 6.96. The van der Waals surface area contributed by atoms with Gasteiger partial charge in [0.2, 0.25) is 0 Å². The maximum absolute atomic E-state index is 13.1. The number of nitrogens with one attached hydrogen (secondary N) is 1. The quantitative estimate of drug-likeness (QED) is 0.458. The van der Waals surface area contributed by atoms with Crippen LogP contribution in [0.4, 0.5) is 11.4 Å². The molecule has 2 amide bonds. The molecule has 0 aliphatic carbocycles. The first-order valence-electron chi connectivity index (χ1n) is 10.9. The van der Waals surface area contributed by atoms with Crippen molar-refractivity contribution in [2.45, 2.75) is 19.8 Å². The normalized spacial score (nSPS) is 12.8. The number of hydrogen-bond acceptors (Lipinski definition) is 4. The van der Waals surface area contributed by atoms with E-state index in [0.29, 0.717) is 34.8 Å². The van der Waals surface area contributed by atoms with Gasteiger partial charge in [-0.2, -0.15) is 0 Å². The number of anilines is 2. The van der Waals surface area contributed by atoms with E-state index in [4.69, 9.17) is 4.52 Å². The Morgan fingerprint density at radius 2 is 1.67 bits per heavy atom. The summed E-state index contributed by atoms with van der Waals surface area (Å²) in [6.45, 7) is 2.41. The predicted octanol–water partition coefficient (Wildman–Crippen LogP) is 5.50. The van der Waals surface area contributed by atoms with Gasteiger partial charge in [0.15, 0.2) is 0 Å². The molecule has 0 saturated carbocycles. The van der Waals surface area contributed by atoms with Gasteiger partial charge in [-0.25, -0.2) is 0 Å². The molecule has 0 atom stereocenters. The minimum Gasteiger partial charge on any atom is -0.360 e. The number of aryl methyl sites for hydroxylation is 2. The van der Waals surface area contributed by atoms with E-state index in [1.807, 2.05) is 53.4 Å². The summed E-state index contributed by atoms with van der Waals surface area (Å²) < 4.78 is 5.29. The van der Waals surface area contributed by atoms with Crippen LogP contribution in [0.1, 0.15) is 38.5 Å². The lowest BCUT2D eigenvalue weighted by atomic mass is 10.0. The van der Waals surface area contributed by atoms with Gasteiger partial charge in [-0.15, -0.1) is 0 Å². The summed E-state index contributed by atoms with van der Waals surface area (Å²) in [7, 11) is 0. The van der Waals surface area contributed by atoms with E-state index in [2.05, 4.69) is 16.5 Å². The smallest absolute Gasteiger partial charge is 0.261 e. The lowest BCUT2D eigenvalue weighted by Gasteiger charge is -2.29. The molecule has 6 nitrogen and oxygen atoms in total. The third-order valence-corrected chi connectivity index (χ3v) is 5.88. The third-order valence-electron chi connectivity index (χ3n) is 5.88. The molecule has 0 fully saturated rings. The first-order valence-corrected chi connectivity index (χ1v) is 10.9. The van der Waals surface area contributed by atoms with Gasteiger partial charge in [0.05, 0.1) is 0 Å². The number of carbonyl (C=O) groups excluding carboxylic acids is 2. The van der Waals surface area contributed by atoms with Crippen molar-refractivity contribution in [2.75, 3.05) is 16.8 Å². The molecule has 0 spiro atoms. The van der Waals surface area contributed by atoms with Crippen molar-refractivity contribution in [3.63, 3.8) is 0 Å². The molecular formula is C27H23N3O3. The Kier molecular flexibility index (Phi) is 5.48. The number of para-hydroxylation sites is 1. The lowest BCUT2D eigenvalue weighted by molar-refractivity contribution is 0.0984. The van der Waals surface area contributed by atoms with Crippen molar-refractivity contribution in [1.82, 2.24) is 5.16 Å². The Balaban J connectivity index is 1.34. The van der Waals surface area contributed by atoms with Crippen LogP contribution in [0.15, 0.2) is 83.4 Å². The Bertz CT molecular complexity index is 1310. The minimum atomic E-state index is -0.309. The zero-order valence-corrected chi connectivity index (χ0v) is 18.2. The van der Waals surface area contributed by atoms with E-state index in [-0.39, 0.29) is 11.8 Å². The number of fused-ring (bicyclic) bond motifs is 1. The number of carbonyl (C=O) groups is 2. The van der Waals surface area contributed by atoms with Crippen LogP contribution < -0.4 is 10.2 Å². The fourth-order valence-corrected chi connectivity index (χ4v) is 4.22. The van der Waals surface area contributed by atoms with Crippen LogP contribution in [0.3, 0.4) is 0 Å². The van der Waals surface area contributed by atoms with Crippen molar-refractivity contribution >= 4 is 23.2 Å². The number of nitrogens with zero attached hydrogens (tertiary/aromatic N) is 2. The molecule has 1 aromatic heterocycles. The summed E-state index contributed by atoms with van der Waals surface area (Å²) in [5.74, 6) is 0.0971. The van der Waals surface area contributed by atoms with E-state index >= 15 is 0 Å². The van der Waals surface area contributed by atoms with Gasteiger partial charge in [0, 0.05) is 29.0 Å².